The van der Waals surface area contributed by atoms with Crippen molar-refractivity contribution < 1.29 is 19.4 Å². The Balaban J connectivity index is 1.53. The quantitative estimate of drug-likeness (QED) is 0.317. The number of carbonyl (C=O) groups is 1. The summed E-state index contributed by atoms with van der Waals surface area (Å²) in [5, 5.41) is 9.65. The lowest BCUT2D eigenvalue weighted by Gasteiger charge is -2.15. The molecule has 0 atom stereocenters. The molecular weight excluding hydrogens is 426 g/mol. The number of aromatic nitrogens is 1. The maximum absolute atomic E-state index is 11.8. The van der Waals surface area contributed by atoms with E-state index >= 15 is 0 Å². The van der Waals surface area contributed by atoms with Gasteiger partial charge >= 0.3 is 5.97 Å². The van der Waals surface area contributed by atoms with E-state index in [1.54, 1.807) is 12.1 Å². The lowest BCUT2D eigenvalue weighted by molar-refractivity contribution is 0.0693. The molecule has 172 valence electrons. The molecule has 0 unspecified atom stereocenters. The van der Waals surface area contributed by atoms with Crippen molar-refractivity contribution in [2.24, 2.45) is 0 Å². The van der Waals surface area contributed by atoms with E-state index in [2.05, 4.69) is 17.1 Å². The summed E-state index contributed by atoms with van der Waals surface area (Å²) in [6, 6.07) is 29.0. The lowest BCUT2D eigenvalue weighted by atomic mass is 10.1. The van der Waals surface area contributed by atoms with Crippen LogP contribution in [0.1, 0.15) is 41.0 Å². The number of aromatic carboxylic acids is 1. The molecule has 4 rings (SSSR count). The normalized spacial score (nSPS) is 10.8. The third kappa shape index (κ3) is 5.81. The molecule has 0 radical (unpaired) electrons. The third-order valence-electron chi connectivity index (χ3n) is 5.28. The Hall–Kier alpha value is -4.12. The van der Waals surface area contributed by atoms with Gasteiger partial charge in [-0.05, 0) is 67.8 Å². The second-order valence-electron chi connectivity index (χ2n) is 8.25. The molecule has 1 heterocycles. The fraction of sp³-hybridized carbons (Fsp3) is 0.172. The number of carboxylic acid groups (broad SMARTS) is 1. The van der Waals surface area contributed by atoms with Gasteiger partial charge in [-0.2, -0.15) is 0 Å². The van der Waals surface area contributed by atoms with Crippen LogP contribution in [-0.4, -0.2) is 22.2 Å². The van der Waals surface area contributed by atoms with Crippen molar-refractivity contribution in [2.45, 2.75) is 33.0 Å². The molecule has 0 spiro atoms. The number of rotatable bonds is 9. The van der Waals surface area contributed by atoms with Gasteiger partial charge in [0, 0.05) is 5.56 Å². The van der Waals surface area contributed by atoms with Gasteiger partial charge in [0.15, 0.2) is 0 Å². The fourth-order valence-corrected chi connectivity index (χ4v) is 3.68. The van der Waals surface area contributed by atoms with Crippen molar-refractivity contribution in [3.63, 3.8) is 0 Å². The minimum Gasteiger partial charge on any atom is -0.490 e. The van der Waals surface area contributed by atoms with Crippen LogP contribution in [0.3, 0.4) is 0 Å². The summed E-state index contributed by atoms with van der Waals surface area (Å²) < 4.78 is 11.8. The summed E-state index contributed by atoms with van der Waals surface area (Å²) in [6.07, 6.45) is 0.846. The Kier molecular flexibility index (Phi) is 7.23. The summed E-state index contributed by atoms with van der Waals surface area (Å²) in [5.41, 5.74) is 4.33. The van der Waals surface area contributed by atoms with Gasteiger partial charge in [-0.25, -0.2) is 9.78 Å². The van der Waals surface area contributed by atoms with Crippen molar-refractivity contribution in [3.8, 4) is 22.8 Å². The zero-order valence-corrected chi connectivity index (χ0v) is 19.3. The van der Waals surface area contributed by atoms with E-state index in [1.165, 1.54) is 11.1 Å². The average Bonchev–Trinajstić information content (AvgIpc) is 2.84. The molecule has 5 heteroatoms. The molecule has 3 aromatic carbocycles. The van der Waals surface area contributed by atoms with Crippen LogP contribution in [0.5, 0.6) is 11.5 Å². The van der Waals surface area contributed by atoms with Crippen LogP contribution in [0.15, 0.2) is 91.0 Å². The summed E-state index contributed by atoms with van der Waals surface area (Å²) in [6.45, 7) is 3.96. The van der Waals surface area contributed by atoms with Crippen LogP contribution < -0.4 is 9.47 Å². The molecule has 0 amide bonds. The monoisotopic (exact) mass is 453 g/mol. The zero-order valence-electron chi connectivity index (χ0n) is 19.3. The van der Waals surface area contributed by atoms with E-state index in [0.717, 1.165) is 12.0 Å². The second kappa shape index (κ2) is 10.7. The predicted molar refractivity (Wildman–Crippen MR) is 132 cm³/mol. The van der Waals surface area contributed by atoms with E-state index in [0.29, 0.717) is 22.9 Å². The summed E-state index contributed by atoms with van der Waals surface area (Å²) in [5.74, 6) is 0.320. The number of pyridine rings is 1. The molecule has 34 heavy (non-hydrogen) atoms. The summed E-state index contributed by atoms with van der Waals surface area (Å²) in [4.78, 5) is 16.4. The first kappa shape index (κ1) is 23.1. The molecule has 1 aromatic heterocycles. The second-order valence-corrected chi connectivity index (χ2v) is 8.25. The van der Waals surface area contributed by atoms with Gasteiger partial charge in [0.05, 0.1) is 23.1 Å². The maximum Gasteiger partial charge on any atom is 0.337 e. The molecule has 0 saturated carbocycles. The highest BCUT2D eigenvalue weighted by atomic mass is 16.5. The maximum atomic E-state index is 11.8. The summed E-state index contributed by atoms with van der Waals surface area (Å²) >= 11 is 0. The van der Waals surface area contributed by atoms with Crippen LogP contribution in [0.25, 0.3) is 11.3 Å². The molecule has 5 nitrogen and oxygen atoms in total. The number of para-hydroxylation sites is 1. The molecular formula is C29H27NO4. The molecule has 0 saturated heterocycles. The number of benzene rings is 3. The van der Waals surface area contributed by atoms with E-state index in [4.69, 9.17) is 9.47 Å². The highest BCUT2D eigenvalue weighted by Gasteiger charge is 2.16. The first-order chi connectivity index (χ1) is 16.5. The molecule has 1 N–H and O–H groups in total. The minimum absolute atomic E-state index is 0.00658. The van der Waals surface area contributed by atoms with Crippen LogP contribution in [0.4, 0.5) is 0 Å². The SMILES string of the molecule is CC(C)Oc1ccccc1-c1ccc(C(=O)O)c(COc2ccc(Cc3ccccc3)cc2)n1. The van der Waals surface area contributed by atoms with Crippen molar-refractivity contribution in [2.75, 3.05) is 0 Å². The third-order valence-corrected chi connectivity index (χ3v) is 5.28. The molecule has 0 aliphatic heterocycles. The van der Waals surface area contributed by atoms with Gasteiger partial charge in [-0.3, -0.25) is 0 Å². The van der Waals surface area contributed by atoms with Gasteiger partial charge in [0.2, 0.25) is 0 Å². The minimum atomic E-state index is -1.04. The van der Waals surface area contributed by atoms with Gasteiger partial charge in [0.1, 0.15) is 18.1 Å². The Labute approximate surface area is 199 Å². The van der Waals surface area contributed by atoms with Crippen molar-refractivity contribution in [1.29, 1.82) is 0 Å². The number of nitrogens with zero attached hydrogens (tertiary/aromatic N) is 1. The largest absolute Gasteiger partial charge is 0.490 e. The molecule has 0 bridgehead atoms. The number of ether oxygens (including phenoxy) is 2. The Morgan fingerprint density at radius 1 is 0.853 bits per heavy atom. The zero-order chi connectivity index (χ0) is 23.9. The fourth-order valence-electron chi connectivity index (χ4n) is 3.68. The van der Waals surface area contributed by atoms with E-state index in [1.807, 2.05) is 80.6 Å². The topological polar surface area (TPSA) is 68.7 Å². The summed E-state index contributed by atoms with van der Waals surface area (Å²) in [7, 11) is 0. The van der Waals surface area contributed by atoms with Crippen LogP contribution >= 0.6 is 0 Å². The highest BCUT2D eigenvalue weighted by molar-refractivity contribution is 5.89. The van der Waals surface area contributed by atoms with Crippen molar-refractivity contribution in [1.82, 2.24) is 4.98 Å². The highest BCUT2D eigenvalue weighted by Crippen LogP contribution is 2.30. The average molecular weight is 454 g/mol. The first-order valence-electron chi connectivity index (χ1n) is 11.2. The van der Waals surface area contributed by atoms with Gasteiger partial charge < -0.3 is 14.6 Å². The van der Waals surface area contributed by atoms with E-state index in [-0.39, 0.29) is 18.3 Å². The van der Waals surface area contributed by atoms with Gasteiger partial charge in [0.25, 0.3) is 0 Å². The first-order valence-corrected chi connectivity index (χ1v) is 11.2. The molecule has 0 aliphatic carbocycles. The van der Waals surface area contributed by atoms with Gasteiger partial charge in [-0.15, -0.1) is 0 Å². The molecule has 4 aromatic rings. The van der Waals surface area contributed by atoms with Crippen LogP contribution in [-0.2, 0) is 13.0 Å². The van der Waals surface area contributed by atoms with E-state index in [9.17, 15) is 9.90 Å². The number of carboxylic acids is 1. The number of hydrogen-bond acceptors (Lipinski definition) is 4. The van der Waals surface area contributed by atoms with E-state index < -0.39 is 5.97 Å². The Morgan fingerprint density at radius 3 is 2.24 bits per heavy atom. The lowest BCUT2D eigenvalue weighted by Crippen LogP contribution is -2.10. The van der Waals surface area contributed by atoms with Crippen LogP contribution in [0, 0.1) is 0 Å². The molecule has 0 aliphatic rings. The standard InChI is InChI=1S/C29H27NO4/c1-20(2)34-28-11-7-6-10-24(28)26-17-16-25(29(31)32)27(30-26)19-33-23-14-12-22(13-15-23)18-21-8-4-3-5-9-21/h3-17,20H,18-19H2,1-2H3,(H,31,32). The smallest absolute Gasteiger partial charge is 0.337 e. The Bertz CT molecular complexity index is 1250. The van der Waals surface area contributed by atoms with Gasteiger partial charge in [-0.1, -0.05) is 54.6 Å². The Morgan fingerprint density at radius 2 is 1.53 bits per heavy atom. The number of hydrogen-bond donors (Lipinski definition) is 1. The predicted octanol–water partition coefficient (Wildman–Crippen LogP) is 6.40. The van der Waals surface area contributed by atoms with Crippen LogP contribution in [0.2, 0.25) is 0 Å². The van der Waals surface area contributed by atoms with Crippen molar-refractivity contribution in [3.05, 3.63) is 113 Å². The molecule has 0 fully saturated rings. The van der Waals surface area contributed by atoms with Crippen molar-refractivity contribution >= 4 is 5.97 Å².